The van der Waals surface area contributed by atoms with E-state index in [2.05, 4.69) is 5.32 Å². The summed E-state index contributed by atoms with van der Waals surface area (Å²) in [7, 11) is 0. The van der Waals surface area contributed by atoms with Gasteiger partial charge in [0.1, 0.15) is 11.9 Å². The monoisotopic (exact) mass is 268 g/mol. The number of aliphatic carboxylic acids is 1. The largest absolute Gasteiger partial charge is 0.480 e. The Balaban J connectivity index is 2.91. The second-order valence-corrected chi connectivity index (χ2v) is 3.97. The van der Waals surface area contributed by atoms with Gasteiger partial charge in [-0.1, -0.05) is 12.1 Å². The Morgan fingerprint density at radius 3 is 2.58 bits per heavy atom. The van der Waals surface area contributed by atoms with Crippen molar-refractivity contribution in [3.05, 3.63) is 35.1 Å². The van der Waals surface area contributed by atoms with Crippen LogP contribution in [0.5, 0.6) is 0 Å². The van der Waals surface area contributed by atoms with E-state index in [1.165, 1.54) is 25.1 Å². The molecule has 1 atom stereocenters. The second kappa shape index (κ2) is 5.94. The Hall–Kier alpha value is -2.44. The number of primary amides is 1. The number of carbonyl (C=O) groups is 3. The first-order chi connectivity index (χ1) is 8.82. The average molecular weight is 268 g/mol. The molecule has 0 aromatic heterocycles. The highest BCUT2D eigenvalue weighted by molar-refractivity contribution is 5.97. The molecule has 4 N–H and O–H groups in total. The number of nitrogens with two attached hydrogens (primary N) is 1. The zero-order valence-corrected chi connectivity index (χ0v) is 10.1. The minimum atomic E-state index is -1.48. The molecule has 0 heterocycles. The predicted molar refractivity (Wildman–Crippen MR) is 63.8 cm³/mol. The fraction of sp³-hybridized carbons (Fsp3) is 0.250. The maximum Gasteiger partial charge on any atom is 0.326 e. The normalized spacial score (nSPS) is 11.7. The van der Waals surface area contributed by atoms with E-state index in [0.29, 0.717) is 0 Å². The zero-order valence-electron chi connectivity index (χ0n) is 10.1. The average Bonchev–Trinajstić information content (AvgIpc) is 2.31. The van der Waals surface area contributed by atoms with E-state index in [1.807, 2.05) is 0 Å². The van der Waals surface area contributed by atoms with Crippen LogP contribution in [0.25, 0.3) is 0 Å². The third-order valence-electron chi connectivity index (χ3n) is 2.45. The SMILES string of the molecule is Cc1cccc(C(=O)N[C@@H](CC(N)=O)C(=O)O)c1F. The van der Waals surface area contributed by atoms with Crippen LogP contribution in [0.15, 0.2) is 18.2 Å². The number of benzene rings is 1. The lowest BCUT2D eigenvalue weighted by Gasteiger charge is -2.13. The molecule has 0 unspecified atom stereocenters. The Morgan fingerprint density at radius 1 is 1.42 bits per heavy atom. The Bertz CT molecular complexity index is 530. The summed E-state index contributed by atoms with van der Waals surface area (Å²) in [6, 6.07) is 2.69. The molecule has 2 amide bonds. The van der Waals surface area contributed by atoms with E-state index in [-0.39, 0.29) is 11.1 Å². The van der Waals surface area contributed by atoms with E-state index in [4.69, 9.17) is 10.8 Å². The minimum Gasteiger partial charge on any atom is -0.480 e. The molecule has 1 aromatic carbocycles. The van der Waals surface area contributed by atoms with Crippen LogP contribution in [0.1, 0.15) is 22.3 Å². The van der Waals surface area contributed by atoms with Gasteiger partial charge in [0.05, 0.1) is 12.0 Å². The van der Waals surface area contributed by atoms with Crippen LogP contribution in [0.4, 0.5) is 4.39 Å². The van der Waals surface area contributed by atoms with Gasteiger partial charge in [0.15, 0.2) is 0 Å². The summed E-state index contributed by atoms with van der Waals surface area (Å²) < 4.78 is 13.7. The highest BCUT2D eigenvalue weighted by Gasteiger charge is 2.24. The van der Waals surface area contributed by atoms with E-state index in [0.717, 1.165) is 0 Å². The number of hydrogen-bond donors (Lipinski definition) is 3. The van der Waals surface area contributed by atoms with E-state index in [1.54, 1.807) is 0 Å². The molecule has 7 heteroatoms. The molecule has 0 fully saturated rings. The van der Waals surface area contributed by atoms with Gasteiger partial charge in [0, 0.05) is 0 Å². The van der Waals surface area contributed by atoms with Crippen LogP contribution in [0.3, 0.4) is 0 Å². The van der Waals surface area contributed by atoms with Gasteiger partial charge < -0.3 is 16.2 Å². The highest BCUT2D eigenvalue weighted by Crippen LogP contribution is 2.12. The molecule has 1 rings (SSSR count). The molecule has 0 saturated carbocycles. The molecule has 0 saturated heterocycles. The second-order valence-electron chi connectivity index (χ2n) is 3.97. The van der Waals surface area contributed by atoms with Crippen LogP contribution < -0.4 is 11.1 Å². The van der Waals surface area contributed by atoms with Crippen LogP contribution >= 0.6 is 0 Å². The summed E-state index contributed by atoms with van der Waals surface area (Å²) >= 11 is 0. The summed E-state index contributed by atoms with van der Waals surface area (Å²) in [5, 5.41) is 10.9. The molecule has 0 bridgehead atoms. The number of carboxylic acid groups (broad SMARTS) is 1. The summed E-state index contributed by atoms with van der Waals surface area (Å²) in [4.78, 5) is 33.3. The number of amides is 2. The van der Waals surface area contributed by atoms with Crippen molar-refractivity contribution in [2.75, 3.05) is 0 Å². The van der Waals surface area contributed by atoms with Crippen LogP contribution in [0, 0.1) is 12.7 Å². The molecule has 19 heavy (non-hydrogen) atoms. The topological polar surface area (TPSA) is 109 Å². The van der Waals surface area contributed by atoms with Gasteiger partial charge in [-0.15, -0.1) is 0 Å². The summed E-state index contributed by atoms with van der Waals surface area (Å²) in [5.41, 5.74) is 4.85. The maximum atomic E-state index is 13.7. The Kier molecular flexibility index (Phi) is 4.57. The number of carboxylic acids is 1. The third-order valence-corrected chi connectivity index (χ3v) is 2.45. The maximum absolute atomic E-state index is 13.7. The van der Waals surface area contributed by atoms with Gasteiger partial charge in [0.25, 0.3) is 5.91 Å². The smallest absolute Gasteiger partial charge is 0.326 e. The Labute approximate surface area is 108 Å². The Morgan fingerprint density at radius 2 is 2.05 bits per heavy atom. The van der Waals surface area contributed by atoms with Gasteiger partial charge in [0.2, 0.25) is 5.91 Å². The number of rotatable bonds is 5. The predicted octanol–water partition coefficient (Wildman–Crippen LogP) is 0.193. The molecular formula is C12H13FN2O4. The van der Waals surface area contributed by atoms with E-state index < -0.39 is 36.1 Å². The van der Waals surface area contributed by atoms with Crippen molar-refractivity contribution in [2.45, 2.75) is 19.4 Å². The number of hydrogen-bond acceptors (Lipinski definition) is 3. The van der Waals surface area contributed by atoms with Crippen LogP contribution in [0.2, 0.25) is 0 Å². The fourth-order valence-electron chi connectivity index (χ4n) is 1.46. The summed E-state index contributed by atoms with van der Waals surface area (Å²) in [6.45, 7) is 1.48. The van der Waals surface area contributed by atoms with Gasteiger partial charge in [-0.05, 0) is 18.6 Å². The highest BCUT2D eigenvalue weighted by atomic mass is 19.1. The number of aryl methyl sites for hydroxylation is 1. The van der Waals surface area contributed by atoms with Crippen molar-refractivity contribution in [3.8, 4) is 0 Å². The quantitative estimate of drug-likeness (QED) is 0.708. The van der Waals surface area contributed by atoms with Crippen molar-refractivity contribution in [1.82, 2.24) is 5.32 Å². The van der Waals surface area contributed by atoms with Crippen molar-refractivity contribution in [3.63, 3.8) is 0 Å². The van der Waals surface area contributed by atoms with E-state index in [9.17, 15) is 18.8 Å². The number of carbonyl (C=O) groups excluding carboxylic acids is 2. The minimum absolute atomic E-state index is 0.259. The van der Waals surface area contributed by atoms with Crippen LogP contribution in [-0.4, -0.2) is 28.9 Å². The lowest BCUT2D eigenvalue weighted by molar-refractivity contribution is -0.140. The summed E-state index contributed by atoms with van der Waals surface area (Å²) in [5.74, 6) is -3.93. The van der Waals surface area contributed by atoms with Gasteiger partial charge >= 0.3 is 5.97 Å². The molecule has 102 valence electrons. The molecular weight excluding hydrogens is 255 g/mol. The zero-order chi connectivity index (χ0) is 14.6. The van der Waals surface area contributed by atoms with Crippen molar-refractivity contribution < 1.29 is 23.9 Å². The molecule has 0 aliphatic carbocycles. The molecule has 0 spiro atoms. The fourth-order valence-corrected chi connectivity index (χ4v) is 1.46. The van der Waals surface area contributed by atoms with E-state index >= 15 is 0 Å². The van der Waals surface area contributed by atoms with Crippen molar-refractivity contribution in [1.29, 1.82) is 0 Å². The molecule has 0 aliphatic rings. The van der Waals surface area contributed by atoms with Gasteiger partial charge in [-0.25, -0.2) is 9.18 Å². The molecule has 0 aliphatic heterocycles. The first-order valence-corrected chi connectivity index (χ1v) is 5.40. The van der Waals surface area contributed by atoms with Crippen LogP contribution in [-0.2, 0) is 9.59 Å². The summed E-state index contributed by atoms with van der Waals surface area (Å²) in [6.07, 6.45) is -0.561. The molecule has 1 aromatic rings. The number of halogens is 1. The first-order valence-electron chi connectivity index (χ1n) is 5.40. The van der Waals surface area contributed by atoms with Crippen molar-refractivity contribution >= 4 is 17.8 Å². The lowest BCUT2D eigenvalue weighted by Crippen LogP contribution is -2.43. The first kappa shape index (κ1) is 14.6. The molecule has 6 nitrogen and oxygen atoms in total. The standard InChI is InChI=1S/C12H13FN2O4/c1-6-3-2-4-7(10(6)13)11(17)15-8(12(18)19)5-9(14)16/h2-4,8H,5H2,1H3,(H2,14,16)(H,15,17)(H,18,19)/t8-/m0/s1. The van der Waals surface area contributed by atoms with Crippen molar-refractivity contribution in [2.24, 2.45) is 5.73 Å². The van der Waals surface area contributed by atoms with Gasteiger partial charge in [-0.3, -0.25) is 9.59 Å². The van der Waals surface area contributed by atoms with Gasteiger partial charge in [-0.2, -0.15) is 0 Å². The lowest BCUT2D eigenvalue weighted by atomic mass is 10.1. The molecule has 0 radical (unpaired) electrons. The number of nitrogens with one attached hydrogen (secondary N) is 1. The third kappa shape index (κ3) is 3.77.